The van der Waals surface area contributed by atoms with Crippen LogP contribution in [0.4, 0.5) is 0 Å². The van der Waals surface area contributed by atoms with Gasteiger partial charge in [0.05, 0.1) is 6.04 Å². The Bertz CT molecular complexity index is 517. The maximum Gasteiger partial charge on any atom is 0.0508 e. The number of hydrazine groups is 1. The third-order valence-electron chi connectivity index (χ3n) is 4.08. The third-order valence-corrected chi connectivity index (χ3v) is 4.97. The van der Waals surface area contributed by atoms with Gasteiger partial charge < -0.3 is 0 Å². The average molecular weight is 272 g/mol. The van der Waals surface area contributed by atoms with E-state index < -0.39 is 0 Å². The molecule has 3 N–H and O–H groups in total. The number of rotatable bonds is 5. The van der Waals surface area contributed by atoms with Crippen molar-refractivity contribution in [3.05, 3.63) is 57.8 Å². The van der Waals surface area contributed by atoms with Gasteiger partial charge in [0, 0.05) is 11.3 Å². The van der Waals surface area contributed by atoms with E-state index in [1.54, 1.807) is 11.3 Å². The molecule has 1 aliphatic carbocycles. The molecule has 3 rings (SSSR count). The molecule has 1 aliphatic rings. The molecule has 1 heterocycles. The van der Waals surface area contributed by atoms with Crippen LogP contribution in [0.15, 0.2) is 41.8 Å². The van der Waals surface area contributed by atoms with E-state index in [0.717, 1.165) is 12.3 Å². The lowest BCUT2D eigenvalue weighted by Crippen LogP contribution is -2.29. The lowest BCUT2D eigenvalue weighted by molar-refractivity contribution is 0.419. The number of nitrogens with two attached hydrogens (primary N) is 1. The Hall–Kier alpha value is -1.16. The first-order valence-corrected chi connectivity index (χ1v) is 7.83. The first kappa shape index (κ1) is 12.9. The molecule has 0 amide bonds. The first-order chi connectivity index (χ1) is 9.36. The maximum atomic E-state index is 5.75. The van der Waals surface area contributed by atoms with Crippen LogP contribution in [-0.4, -0.2) is 0 Å². The summed E-state index contributed by atoms with van der Waals surface area (Å²) in [6.07, 6.45) is 5.02. The second kappa shape index (κ2) is 5.87. The van der Waals surface area contributed by atoms with Gasteiger partial charge in [0.2, 0.25) is 0 Å². The molecule has 1 atom stereocenters. The fraction of sp³-hybridized carbons (Fsp3) is 0.375. The molecular weight excluding hydrogens is 252 g/mol. The van der Waals surface area contributed by atoms with Gasteiger partial charge >= 0.3 is 0 Å². The SMILES string of the molecule is NNC(Cc1cccs1)c1cccc(C2CCC2)c1. The number of hydrogen-bond donors (Lipinski definition) is 2. The Kier molecular flexibility index (Phi) is 3.97. The highest BCUT2D eigenvalue weighted by Crippen LogP contribution is 2.37. The normalized spacial score (nSPS) is 17.1. The lowest BCUT2D eigenvalue weighted by atomic mass is 9.79. The summed E-state index contributed by atoms with van der Waals surface area (Å²) in [6, 6.07) is 13.4. The van der Waals surface area contributed by atoms with Gasteiger partial charge in [0.1, 0.15) is 0 Å². The Balaban J connectivity index is 1.78. The van der Waals surface area contributed by atoms with Crippen molar-refractivity contribution in [2.45, 2.75) is 37.6 Å². The summed E-state index contributed by atoms with van der Waals surface area (Å²) in [5.41, 5.74) is 5.75. The highest BCUT2D eigenvalue weighted by molar-refractivity contribution is 7.09. The van der Waals surface area contributed by atoms with E-state index in [2.05, 4.69) is 47.2 Å². The van der Waals surface area contributed by atoms with Crippen LogP contribution in [-0.2, 0) is 6.42 Å². The van der Waals surface area contributed by atoms with Crippen molar-refractivity contribution < 1.29 is 0 Å². The zero-order valence-corrected chi connectivity index (χ0v) is 11.8. The molecule has 1 aromatic heterocycles. The number of thiophene rings is 1. The molecule has 0 bridgehead atoms. The Labute approximate surface area is 118 Å². The van der Waals surface area contributed by atoms with Crippen LogP contribution in [0.1, 0.15) is 47.2 Å². The van der Waals surface area contributed by atoms with Crippen LogP contribution in [0.2, 0.25) is 0 Å². The van der Waals surface area contributed by atoms with Crippen LogP contribution < -0.4 is 11.3 Å². The molecular formula is C16H20N2S. The number of hydrogen-bond acceptors (Lipinski definition) is 3. The first-order valence-electron chi connectivity index (χ1n) is 6.95. The van der Waals surface area contributed by atoms with Gasteiger partial charge in [-0.1, -0.05) is 36.8 Å². The Morgan fingerprint density at radius 1 is 1.26 bits per heavy atom. The van der Waals surface area contributed by atoms with E-state index in [0.29, 0.717) is 0 Å². The van der Waals surface area contributed by atoms with E-state index in [1.165, 1.54) is 35.3 Å². The van der Waals surface area contributed by atoms with Crippen molar-refractivity contribution in [2.24, 2.45) is 5.84 Å². The highest BCUT2D eigenvalue weighted by Gasteiger charge is 2.20. The molecule has 100 valence electrons. The second-order valence-corrected chi connectivity index (χ2v) is 6.33. The molecule has 0 aliphatic heterocycles. The molecule has 1 aromatic carbocycles. The summed E-state index contributed by atoms with van der Waals surface area (Å²) in [5.74, 6) is 6.53. The minimum atomic E-state index is 0.207. The minimum Gasteiger partial charge on any atom is -0.271 e. The quantitative estimate of drug-likeness (QED) is 0.642. The monoisotopic (exact) mass is 272 g/mol. The topological polar surface area (TPSA) is 38.0 Å². The summed E-state index contributed by atoms with van der Waals surface area (Å²) in [6.45, 7) is 0. The second-order valence-electron chi connectivity index (χ2n) is 5.30. The van der Waals surface area contributed by atoms with Crippen molar-refractivity contribution in [2.75, 3.05) is 0 Å². The van der Waals surface area contributed by atoms with Gasteiger partial charge in [0.25, 0.3) is 0 Å². The van der Waals surface area contributed by atoms with E-state index in [4.69, 9.17) is 5.84 Å². The summed E-state index contributed by atoms with van der Waals surface area (Å²) < 4.78 is 0. The van der Waals surface area contributed by atoms with Gasteiger partial charge in [-0.3, -0.25) is 11.3 Å². The lowest BCUT2D eigenvalue weighted by Gasteiger charge is -2.27. The molecule has 2 nitrogen and oxygen atoms in total. The van der Waals surface area contributed by atoms with Gasteiger partial charge in [-0.25, -0.2) is 0 Å². The third kappa shape index (κ3) is 2.89. The standard InChI is InChI=1S/C16H20N2S/c17-18-16(11-15-8-3-9-19-15)14-7-2-6-13(10-14)12-4-1-5-12/h2-3,6-10,12,16,18H,1,4-5,11,17H2. The molecule has 1 unspecified atom stereocenters. The molecule has 19 heavy (non-hydrogen) atoms. The summed E-state index contributed by atoms with van der Waals surface area (Å²) in [4.78, 5) is 1.37. The molecule has 2 aromatic rings. The smallest absolute Gasteiger partial charge is 0.0508 e. The largest absolute Gasteiger partial charge is 0.271 e. The van der Waals surface area contributed by atoms with Crippen molar-refractivity contribution in [3.8, 4) is 0 Å². The van der Waals surface area contributed by atoms with Crippen LogP contribution in [0, 0.1) is 0 Å². The fourth-order valence-corrected chi connectivity index (χ4v) is 3.43. The van der Waals surface area contributed by atoms with Crippen LogP contribution in [0.3, 0.4) is 0 Å². The molecule has 1 fully saturated rings. The van der Waals surface area contributed by atoms with Crippen LogP contribution >= 0.6 is 11.3 Å². The van der Waals surface area contributed by atoms with E-state index in [1.807, 2.05) is 0 Å². The van der Waals surface area contributed by atoms with Crippen molar-refractivity contribution in [1.29, 1.82) is 0 Å². The van der Waals surface area contributed by atoms with Crippen molar-refractivity contribution in [1.82, 2.24) is 5.43 Å². The van der Waals surface area contributed by atoms with Gasteiger partial charge in [-0.05, 0) is 41.3 Å². The fourth-order valence-electron chi connectivity index (χ4n) is 2.67. The van der Waals surface area contributed by atoms with Crippen LogP contribution in [0.5, 0.6) is 0 Å². The van der Waals surface area contributed by atoms with Crippen LogP contribution in [0.25, 0.3) is 0 Å². The Morgan fingerprint density at radius 2 is 2.16 bits per heavy atom. The summed E-state index contributed by atoms with van der Waals surface area (Å²) in [5, 5.41) is 2.12. The van der Waals surface area contributed by atoms with Gasteiger partial charge in [-0.2, -0.15) is 0 Å². The summed E-state index contributed by atoms with van der Waals surface area (Å²) in [7, 11) is 0. The average Bonchev–Trinajstić information content (AvgIpc) is 2.87. The zero-order chi connectivity index (χ0) is 13.1. The van der Waals surface area contributed by atoms with Gasteiger partial charge in [-0.15, -0.1) is 11.3 Å². The predicted octanol–water partition coefficient (Wildman–Crippen LogP) is 3.76. The predicted molar refractivity (Wildman–Crippen MR) is 81.1 cm³/mol. The van der Waals surface area contributed by atoms with E-state index in [9.17, 15) is 0 Å². The number of benzene rings is 1. The molecule has 0 saturated heterocycles. The van der Waals surface area contributed by atoms with Crippen molar-refractivity contribution in [3.63, 3.8) is 0 Å². The molecule has 3 heteroatoms. The maximum absolute atomic E-state index is 5.75. The van der Waals surface area contributed by atoms with E-state index in [-0.39, 0.29) is 6.04 Å². The van der Waals surface area contributed by atoms with Gasteiger partial charge in [0.15, 0.2) is 0 Å². The van der Waals surface area contributed by atoms with E-state index >= 15 is 0 Å². The Morgan fingerprint density at radius 3 is 2.79 bits per heavy atom. The zero-order valence-electron chi connectivity index (χ0n) is 11.0. The highest BCUT2D eigenvalue weighted by atomic mass is 32.1. The summed E-state index contributed by atoms with van der Waals surface area (Å²) >= 11 is 1.79. The molecule has 1 saturated carbocycles. The molecule has 0 radical (unpaired) electrons. The molecule has 0 spiro atoms. The van der Waals surface area contributed by atoms with Crippen molar-refractivity contribution >= 4 is 11.3 Å². The number of nitrogens with one attached hydrogen (secondary N) is 1. The minimum absolute atomic E-state index is 0.207.